The van der Waals surface area contributed by atoms with Crippen molar-refractivity contribution in [2.24, 2.45) is 17.6 Å². The van der Waals surface area contributed by atoms with E-state index in [0.717, 1.165) is 48.5 Å². The summed E-state index contributed by atoms with van der Waals surface area (Å²) in [5.74, 6) is 1.38. The molecule has 1 saturated carbocycles. The van der Waals surface area contributed by atoms with Crippen LogP contribution in [0, 0.1) is 11.8 Å². The number of rotatable bonds is 3. The first-order chi connectivity index (χ1) is 15.1. The lowest BCUT2D eigenvalue weighted by atomic mass is 9.81. The summed E-state index contributed by atoms with van der Waals surface area (Å²) in [5.41, 5.74) is 8.24. The average molecular weight is 422 g/mol. The third-order valence-electron chi connectivity index (χ3n) is 6.36. The number of aromatic nitrogens is 2. The molecule has 4 rings (SSSR count). The van der Waals surface area contributed by atoms with Crippen LogP contribution in [0.1, 0.15) is 56.8 Å². The largest absolute Gasteiger partial charge is 0.346 e. The van der Waals surface area contributed by atoms with Gasteiger partial charge in [0, 0.05) is 17.9 Å². The van der Waals surface area contributed by atoms with Gasteiger partial charge in [-0.15, -0.1) is 0 Å². The lowest BCUT2D eigenvalue weighted by Gasteiger charge is -2.28. The summed E-state index contributed by atoms with van der Waals surface area (Å²) in [7, 11) is 0. The Morgan fingerprint density at radius 1 is 1.16 bits per heavy atom. The van der Waals surface area contributed by atoms with Crippen molar-refractivity contribution in [2.45, 2.75) is 51.0 Å². The Kier molecular flexibility index (Phi) is 6.82. The van der Waals surface area contributed by atoms with Crippen LogP contribution in [0.2, 0.25) is 0 Å². The number of nitrogens with two attached hydrogens (primary N) is 1. The number of nitrogens with one attached hydrogen (secondary N) is 3. The normalized spacial score (nSPS) is 25.2. The molecule has 0 spiro atoms. The number of para-hydroxylation sites is 1. The van der Waals surface area contributed by atoms with Crippen LogP contribution in [0.5, 0.6) is 0 Å². The van der Waals surface area contributed by atoms with E-state index in [1.807, 2.05) is 36.4 Å². The van der Waals surface area contributed by atoms with Crippen molar-refractivity contribution in [2.75, 3.05) is 11.9 Å². The van der Waals surface area contributed by atoms with Crippen LogP contribution in [-0.2, 0) is 9.59 Å². The van der Waals surface area contributed by atoms with Crippen LogP contribution in [-0.4, -0.2) is 28.3 Å². The van der Waals surface area contributed by atoms with Crippen LogP contribution in [0.3, 0.4) is 0 Å². The highest BCUT2D eigenvalue weighted by Gasteiger charge is 2.28. The summed E-state index contributed by atoms with van der Waals surface area (Å²) in [6, 6.07) is 7.44. The molecule has 5 N–H and O–H groups in total. The average Bonchev–Trinajstić information content (AvgIpc) is 3.28. The van der Waals surface area contributed by atoms with Crippen molar-refractivity contribution in [3.63, 3.8) is 0 Å². The Morgan fingerprint density at radius 3 is 2.77 bits per heavy atom. The number of hydrogen-bond donors (Lipinski definition) is 4. The number of imidazole rings is 1. The second-order valence-corrected chi connectivity index (χ2v) is 8.54. The molecule has 0 unspecified atom stereocenters. The van der Waals surface area contributed by atoms with Crippen molar-refractivity contribution in [3.8, 4) is 11.3 Å². The molecule has 1 aromatic heterocycles. The molecule has 0 saturated heterocycles. The van der Waals surface area contributed by atoms with Gasteiger partial charge in [-0.3, -0.25) is 9.59 Å². The van der Waals surface area contributed by atoms with Gasteiger partial charge in [0.25, 0.3) is 0 Å². The Hall–Kier alpha value is -2.93. The number of nitrogens with zero attached hydrogens (tertiary/aromatic N) is 1. The zero-order valence-corrected chi connectivity index (χ0v) is 17.8. The molecule has 31 heavy (non-hydrogen) atoms. The van der Waals surface area contributed by atoms with Gasteiger partial charge in [-0.2, -0.15) is 0 Å². The van der Waals surface area contributed by atoms with E-state index in [4.69, 9.17) is 5.73 Å². The number of hydrogen-bond acceptors (Lipinski definition) is 4. The van der Waals surface area contributed by atoms with E-state index in [-0.39, 0.29) is 23.8 Å². The van der Waals surface area contributed by atoms with Gasteiger partial charge in [-0.05, 0) is 57.1 Å². The minimum atomic E-state index is -0.235. The SMILES string of the molecule is NCC1CCC(C(=O)N[C@H]2C/C=C\CCC(=O)Nc3ccccc3-c3cnc2[nH]3)CC1. The fraction of sp³-hybridized carbons (Fsp3) is 0.458. The third kappa shape index (κ3) is 5.22. The first-order valence-electron chi connectivity index (χ1n) is 11.2. The number of anilines is 1. The summed E-state index contributed by atoms with van der Waals surface area (Å²) < 4.78 is 0. The summed E-state index contributed by atoms with van der Waals surface area (Å²) in [6.45, 7) is 0.704. The van der Waals surface area contributed by atoms with E-state index in [9.17, 15) is 9.59 Å². The van der Waals surface area contributed by atoms with E-state index in [1.165, 1.54) is 0 Å². The van der Waals surface area contributed by atoms with Crippen molar-refractivity contribution < 1.29 is 9.59 Å². The highest BCUT2D eigenvalue weighted by molar-refractivity contribution is 5.95. The van der Waals surface area contributed by atoms with E-state index < -0.39 is 0 Å². The Labute approximate surface area is 182 Å². The second-order valence-electron chi connectivity index (χ2n) is 8.54. The van der Waals surface area contributed by atoms with E-state index in [2.05, 4.69) is 20.6 Å². The maximum Gasteiger partial charge on any atom is 0.224 e. The highest BCUT2D eigenvalue weighted by Crippen LogP contribution is 2.31. The number of aromatic amines is 1. The highest BCUT2D eigenvalue weighted by atomic mass is 16.2. The minimum absolute atomic E-state index is 0.0194. The standard InChI is InChI=1S/C24H31N5O2/c25-14-16-10-12-17(13-11-16)24(31)29-20-8-2-1-3-9-22(30)27-19-7-5-4-6-18(19)21-15-26-23(20)28-21/h1-2,4-7,15-17,20H,3,8-14,25H2,(H,26,28)(H,27,30)(H,29,31)/b2-1-/t16?,17?,20-/m0/s1. The van der Waals surface area contributed by atoms with E-state index in [1.54, 1.807) is 6.20 Å². The van der Waals surface area contributed by atoms with Gasteiger partial charge >= 0.3 is 0 Å². The topological polar surface area (TPSA) is 113 Å². The first-order valence-corrected chi connectivity index (χ1v) is 11.2. The molecule has 7 heteroatoms. The molecule has 1 aliphatic carbocycles. The zero-order chi connectivity index (χ0) is 21.6. The smallest absolute Gasteiger partial charge is 0.224 e. The molecule has 1 aliphatic heterocycles. The number of carbonyl (C=O) groups is 2. The van der Waals surface area contributed by atoms with Crippen LogP contribution >= 0.6 is 0 Å². The Bertz CT molecular complexity index is 943. The van der Waals surface area contributed by atoms with Gasteiger partial charge in [0.2, 0.25) is 11.8 Å². The van der Waals surface area contributed by atoms with Crippen molar-refractivity contribution in [1.29, 1.82) is 0 Å². The number of amides is 2. The molecule has 1 aromatic carbocycles. The van der Waals surface area contributed by atoms with Crippen LogP contribution in [0.25, 0.3) is 11.3 Å². The Balaban J connectivity index is 1.55. The predicted molar refractivity (Wildman–Crippen MR) is 121 cm³/mol. The lowest BCUT2D eigenvalue weighted by molar-refractivity contribution is -0.127. The molecular weight excluding hydrogens is 390 g/mol. The number of allylic oxidation sites excluding steroid dienone is 1. The maximum absolute atomic E-state index is 13.0. The number of benzene rings is 1. The lowest BCUT2D eigenvalue weighted by Crippen LogP contribution is -2.36. The molecule has 2 aromatic rings. The number of H-pyrrole nitrogens is 1. The molecular formula is C24H31N5O2. The number of carbonyl (C=O) groups excluding carboxylic acids is 2. The zero-order valence-electron chi connectivity index (χ0n) is 17.8. The second kappa shape index (κ2) is 9.92. The molecule has 2 heterocycles. The molecule has 1 atom stereocenters. The fourth-order valence-electron chi connectivity index (χ4n) is 4.44. The van der Waals surface area contributed by atoms with Gasteiger partial charge < -0.3 is 21.4 Å². The van der Waals surface area contributed by atoms with Gasteiger partial charge in [-0.25, -0.2) is 4.98 Å². The molecule has 2 amide bonds. The van der Waals surface area contributed by atoms with E-state index >= 15 is 0 Å². The van der Waals surface area contributed by atoms with Gasteiger partial charge in [0.15, 0.2) is 0 Å². The van der Waals surface area contributed by atoms with Gasteiger partial charge in [0.1, 0.15) is 5.82 Å². The molecule has 0 radical (unpaired) electrons. The molecule has 1 fully saturated rings. The van der Waals surface area contributed by atoms with E-state index in [0.29, 0.717) is 31.7 Å². The quantitative estimate of drug-likeness (QED) is 0.566. The first kappa shape index (κ1) is 21.3. The molecule has 7 nitrogen and oxygen atoms in total. The molecule has 2 bridgehead atoms. The van der Waals surface area contributed by atoms with Crippen molar-refractivity contribution >= 4 is 17.5 Å². The summed E-state index contributed by atoms with van der Waals surface area (Å²) in [6.07, 6.45) is 11.3. The van der Waals surface area contributed by atoms with Gasteiger partial charge in [-0.1, -0.05) is 30.4 Å². The van der Waals surface area contributed by atoms with Gasteiger partial charge in [0.05, 0.1) is 23.6 Å². The van der Waals surface area contributed by atoms with Crippen molar-refractivity contribution in [1.82, 2.24) is 15.3 Å². The summed E-state index contributed by atoms with van der Waals surface area (Å²) in [4.78, 5) is 33.2. The molecule has 164 valence electrons. The van der Waals surface area contributed by atoms with Crippen LogP contribution in [0.15, 0.2) is 42.6 Å². The monoisotopic (exact) mass is 421 g/mol. The predicted octanol–water partition coefficient (Wildman–Crippen LogP) is 3.68. The molecule has 2 aliphatic rings. The minimum Gasteiger partial charge on any atom is -0.346 e. The maximum atomic E-state index is 13.0. The van der Waals surface area contributed by atoms with Crippen LogP contribution < -0.4 is 16.4 Å². The van der Waals surface area contributed by atoms with Crippen molar-refractivity contribution in [3.05, 3.63) is 48.4 Å². The summed E-state index contributed by atoms with van der Waals surface area (Å²) in [5, 5.41) is 6.21. The Morgan fingerprint density at radius 2 is 1.97 bits per heavy atom. The summed E-state index contributed by atoms with van der Waals surface area (Å²) >= 11 is 0. The third-order valence-corrected chi connectivity index (χ3v) is 6.36. The van der Waals surface area contributed by atoms with Crippen LogP contribution in [0.4, 0.5) is 5.69 Å². The fourth-order valence-corrected chi connectivity index (χ4v) is 4.44. The number of fused-ring (bicyclic) bond motifs is 4.